The molecule has 1 fully saturated rings. The highest BCUT2D eigenvalue weighted by Gasteiger charge is 2.37. The van der Waals surface area contributed by atoms with Gasteiger partial charge in [-0.25, -0.2) is 0 Å². The van der Waals surface area contributed by atoms with E-state index >= 15 is 0 Å². The Morgan fingerprint density at radius 1 is 1.21 bits per heavy atom. The van der Waals surface area contributed by atoms with Crippen molar-refractivity contribution in [1.82, 2.24) is 4.90 Å². The van der Waals surface area contributed by atoms with Crippen LogP contribution >= 0.6 is 27.7 Å². The molecule has 1 saturated heterocycles. The van der Waals surface area contributed by atoms with Crippen molar-refractivity contribution in [2.45, 2.75) is 38.6 Å². The fourth-order valence-electron chi connectivity index (χ4n) is 4.35. The molecule has 2 heterocycles. The average molecular weight is 528 g/mol. The number of fused-ring (bicyclic) bond motifs is 1. The van der Waals surface area contributed by atoms with Crippen molar-refractivity contribution in [3.05, 3.63) is 63.0 Å². The van der Waals surface area contributed by atoms with Crippen molar-refractivity contribution >= 4 is 62.2 Å². The summed E-state index contributed by atoms with van der Waals surface area (Å²) in [5.74, 6) is -0.481. The van der Waals surface area contributed by atoms with Crippen molar-refractivity contribution < 1.29 is 14.4 Å². The molecule has 2 aliphatic rings. The second-order valence-corrected chi connectivity index (χ2v) is 11.0. The molecule has 6 nitrogen and oxygen atoms in total. The minimum absolute atomic E-state index is 0.0768. The maximum atomic E-state index is 12.9. The summed E-state index contributed by atoms with van der Waals surface area (Å²) >= 11 is 4.21. The standard InChI is InChI=1S/C25H26BrN3O3S/c1-15-13-25(2,3)28(4)20-10-5-16(11-19(15)20)12-21-23(31)29(24(32)33-21)14-22(30)27-18-8-6-17(26)7-9-18/h5-12,15H,13-14H2,1-4H3,(H,27,30)/b21-12-. The van der Waals surface area contributed by atoms with Gasteiger partial charge in [-0.15, -0.1) is 0 Å². The number of imide groups is 1. The molecule has 4 rings (SSSR count). The first kappa shape index (κ1) is 23.6. The van der Waals surface area contributed by atoms with E-state index in [1.165, 1.54) is 11.3 Å². The van der Waals surface area contributed by atoms with Crippen LogP contribution in [0.4, 0.5) is 16.2 Å². The van der Waals surface area contributed by atoms with Crippen LogP contribution in [0, 0.1) is 0 Å². The smallest absolute Gasteiger partial charge is 0.294 e. The molecule has 3 amide bonds. The molecule has 8 heteroatoms. The van der Waals surface area contributed by atoms with Crippen molar-refractivity contribution in [3.8, 4) is 0 Å². The third-order valence-electron chi connectivity index (χ3n) is 6.26. The van der Waals surface area contributed by atoms with E-state index in [-0.39, 0.29) is 12.1 Å². The van der Waals surface area contributed by atoms with Crippen LogP contribution in [0.5, 0.6) is 0 Å². The largest absolute Gasteiger partial charge is 0.369 e. The Bertz CT molecular complexity index is 1160. The minimum Gasteiger partial charge on any atom is -0.369 e. The number of carbonyl (C=O) groups is 3. The van der Waals surface area contributed by atoms with Gasteiger partial charge in [-0.2, -0.15) is 0 Å². The molecular weight excluding hydrogens is 502 g/mol. The molecule has 0 saturated carbocycles. The number of nitrogens with one attached hydrogen (secondary N) is 1. The first-order chi connectivity index (χ1) is 15.5. The molecule has 33 heavy (non-hydrogen) atoms. The summed E-state index contributed by atoms with van der Waals surface area (Å²) in [6.07, 6.45) is 2.77. The van der Waals surface area contributed by atoms with E-state index in [1.807, 2.05) is 6.07 Å². The van der Waals surface area contributed by atoms with E-state index in [0.29, 0.717) is 16.5 Å². The fourth-order valence-corrected chi connectivity index (χ4v) is 5.45. The summed E-state index contributed by atoms with van der Waals surface area (Å²) in [7, 11) is 2.11. The van der Waals surface area contributed by atoms with Gasteiger partial charge in [0.1, 0.15) is 6.54 Å². The molecule has 2 aromatic rings. The number of amides is 3. The SMILES string of the molecule is CC1CC(C)(C)N(C)c2ccc(/C=C3\SC(=O)N(CC(=O)Nc4ccc(Br)cc4)C3=O)cc21. The monoisotopic (exact) mass is 527 g/mol. The summed E-state index contributed by atoms with van der Waals surface area (Å²) < 4.78 is 0.892. The zero-order valence-electron chi connectivity index (χ0n) is 19.0. The Balaban J connectivity index is 1.49. The number of halogens is 1. The molecule has 1 atom stereocenters. The Labute approximate surface area is 206 Å². The first-order valence-corrected chi connectivity index (χ1v) is 12.3. The van der Waals surface area contributed by atoms with Crippen molar-refractivity contribution in [2.24, 2.45) is 0 Å². The van der Waals surface area contributed by atoms with Gasteiger partial charge >= 0.3 is 0 Å². The summed E-state index contributed by atoms with van der Waals surface area (Å²) in [6.45, 7) is 6.38. The van der Waals surface area contributed by atoms with Gasteiger partial charge in [0.25, 0.3) is 11.1 Å². The predicted octanol–water partition coefficient (Wildman–Crippen LogP) is 5.85. The lowest BCUT2D eigenvalue weighted by Crippen LogP contribution is -2.45. The predicted molar refractivity (Wildman–Crippen MR) is 137 cm³/mol. The molecular formula is C25H26BrN3O3S. The first-order valence-electron chi connectivity index (χ1n) is 10.7. The summed E-state index contributed by atoms with van der Waals surface area (Å²) in [5, 5.41) is 2.27. The molecule has 0 aromatic heterocycles. The van der Waals surface area contributed by atoms with Gasteiger partial charge in [-0.3, -0.25) is 19.3 Å². The third kappa shape index (κ3) is 4.87. The van der Waals surface area contributed by atoms with E-state index in [0.717, 1.165) is 33.1 Å². The van der Waals surface area contributed by atoms with E-state index in [4.69, 9.17) is 0 Å². The maximum absolute atomic E-state index is 12.9. The Morgan fingerprint density at radius 2 is 1.91 bits per heavy atom. The van der Waals surface area contributed by atoms with Crippen LogP contribution in [-0.4, -0.2) is 41.1 Å². The lowest BCUT2D eigenvalue weighted by molar-refractivity contribution is -0.127. The average Bonchev–Trinajstić information content (AvgIpc) is 3.01. The van der Waals surface area contributed by atoms with Gasteiger partial charge in [-0.1, -0.05) is 28.9 Å². The number of anilines is 2. The molecule has 2 aliphatic heterocycles. The van der Waals surface area contributed by atoms with Crippen LogP contribution in [-0.2, 0) is 9.59 Å². The second kappa shape index (κ2) is 8.99. The summed E-state index contributed by atoms with van der Waals surface area (Å²) in [5.41, 5.74) is 3.97. The van der Waals surface area contributed by atoms with Crippen molar-refractivity contribution in [3.63, 3.8) is 0 Å². The minimum atomic E-state index is -0.444. The molecule has 2 aromatic carbocycles. The van der Waals surface area contributed by atoms with Crippen LogP contribution in [0.2, 0.25) is 0 Å². The fraction of sp³-hybridized carbons (Fsp3) is 0.320. The molecule has 0 spiro atoms. The van der Waals surface area contributed by atoms with Gasteiger partial charge in [0.15, 0.2) is 0 Å². The Morgan fingerprint density at radius 3 is 2.61 bits per heavy atom. The lowest BCUT2D eigenvalue weighted by Gasteiger charge is -2.45. The quantitative estimate of drug-likeness (QED) is 0.505. The van der Waals surface area contributed by atoms with Crippen LogP contribution in [0.3, 0.4) is 0 Å². The molecule has 1 unspecified atom stereocenters. The molecule has 1 N–H and O–H groups in total. The zero-order valence-corrected chi connectivity index (χ0v) is 21.4. The van der Waals surface area contributed by atoms with Crippen LogP contribution < -0.4 is 10.2 Å². The molecule has 0 aliphatic carbocycles. The normalized spacial score (nSPS) is 20.9. The number of hydrogen-bond acceptors (Lipinski definition) is 5. The third-order valence-corrected chi connectivity index (χ3v) is 7.69. The second-order valence-electron chi connectivity index (χ2n) is 9.12. The van der Waals surface area contributed by atoms with Crippen LogP contribution in [0.1, 0.15) is 44.2 Å². The van der Waals surface area contributed by atoms with Gasteiger partial charge in [0.2, 0.25) is 5.91 Å². The Kier molecular flexibility index (Phi) is 6.42. The number of hydrogen-bond donors (Lipinski definition) is 1. The van der Waals surface area contributed by atoms with E-state index in [9.17, 15) is 14.4 Å². The van der Waals surface area contributed by atoms with Gasteiger partial charge < -0.3 is 10.2 Å². The summed E-state index contributed by atoms with van der Waals surface area (Å²) in [6, 6.07) is 13.2. The van der Waals surface area contributed by atoms with E-state index in [2.05, 4.69) is 66.1 Å². The highest BCUT2D eigenvalue weighted by Crippen LogP contribution is 2.43. The van der Waals surface area contributed by atoms with Crippen LogP contribution in [0.25, 0.3) is 6.08 Å². The highest BCUT2D eigenvalue weighted by molar-refractivity contribution is 9.10. The van der Waals surface area contributed by atoms with Crippen molar-refractivity contribution in [2.75, 3.05) is 23.8 Å². The molecule has 0 bridgehead atoms. The highest BCUT2D eigenvalue weighted by atomic mass is 79.9. The van der Waals surface area contributed by atoms with E-state index in [1.54, 1.807) is 30.3 Å². The lowest BCUT2D eigenvalue weighted by atomic mass is 9.80. The van der Waals surface area contributed by atoms with E-state index < -0.39 is 17.1 Å². The number of nitrogens with zero attached hydrogens (tertiary/aromatic N) is 2. The summed E-state index contributed by atoms with van der Waals surface area (Å²) in [4.78, 5) is 41.3. The maximum Gasteiger partial charge on any atom is 0.294 e. The number of rotatable bonds is 4. The number of benzene rings is 2. The van der Waals surface area contributed by atoms with Gasteiger partial charge in [0, 0.05) is 28.4 Å². The molecule has 172 valence electrons. The van der Waals surface area contributed by atoms with Crippen molar-refractivity contribution in [1.29, 1.82) is 0 Å². The molecule has 0 radical (unpaired) electrons. The number of carbonyl (C=O) groups excluding carboxylic acids is 3. The topological polar surface area (TPSA) is 69.7 Å². The zero-order chi connectivity index (χ0) is 23.9. The van der Waals surface area contributed by atoms with Gasteiger partial charge in [0.05, 0.1) is 4.91 Å². The Hall–Kier alpha value is -2.58. The van der Waals surface area contributed by atoms with Crippen LogP contribution in [0.15, 0.2) is 51.8 Å². The number of thioether (sulfide) groups is 1. The van der Waals surface area contributed by atoms with Gasteiger partial charge in [-0.05, 0) is 91.5 Å².